The molecular formula is C27H28N6O. The first kappa shape index (κ1) is 21.0. The van der Waals surface area contributed by atoms with Crippen molar-refractivity contribution in [1.29, 1.82) is 0 Å². The highest BCUT2D eigenvalue weighted by Gasteiger charge is 2.23. The lowest BCUT2D eigenvalue weighted by Crippen LogP contribution is -2.35. The molecular weight excluding hydrogens is 424 g/mol. The van der Waals surface area contributed by atoms with Gasteiger partial charge in [-0.3, -0.25) is 4.90 Å². The first-order valence-corrected chi connectivity index (χ1v) is 11.9. The zero-order valence-corrected chi connectivity index (χ0v) is 19.1. The topological polar surface area (TPSA) is 89.2 Å². The molecule has 0 bridgehead atoms. The third kappa shape index (κ3) is 4.71. The number of ether oxygens (including phenoxy) is 1. The number of pyridine rings is 1. The van der Waals surface area contributed by atoms with Gasteiger partial charge < -0.3 is 15.8 Å². The van der Waals surface area contributed by atoms with Gasteiger partial charge in [-0.05, 0) is 77.9 Å². The maximum Gasteiger partial charge on any atom is 0.227 e. The molecule has 4 aromatic rings. The largest absolute Gasteiger partial charge is 0.384 e. The SMILES string of the molecule is Nc1ccc(-c2cc(CN3CCOCC3)cc(Nc3ncc4cc(C5CC5)ccc4n3)c2)cn1. The molecule has 6 rings (SSSR count). The van der Waals surface area contributed by atoms with Gasteiger partial charge in [-0.1, -0.05) is 6.07 Å². The van der Waals surface area contributed by atoms with Gasteiger partial charge in [0.2, 0.25) is 5.95 Å². The van der Waals surface area contributed by atoms with Gasteiger partial charge in [-0.2, -0.15) is 0 Å². The average Bonchev–Trinajstić information content (AvgIpc) is 3.70. The Kier molecular flexibility index (Phi) is 5.57. The van der Waals surface area contributed by atoms with E-state index in [2.05, 4.69) is 56.6 Å². The monoisotopic (exact) mass is 452 g/mol. The Morgan fingerprint density at radius 1 is 0.941 bits per heavy atom. The Morgan fingerprint density at radius 2 is 1.82 bits per heavy atom. The molecule has 2 aromatic heterocycles. The van der Waals surface area contributed by atoms with Gasteiger partial charge in [0.15, 0.2) is 0 Å². The Bertz CT molecular complexity index is 1310. The summed E-state index contributed by atoms with van der Waals surface area (Å²) in [5, 5.41) is 4.52. The van der Waals surface area contributed by atoms with E-state index >= 15 is 0 Å². The van der Waals surface area contributed by atoms with Gasteiger partial charge in [-0.25, -0.2) is 15.0 Å². The van der Waals surface area contributed by atoms with Crippen molar-refractivity contribution in [1.82, 2.24) is 19.9 Å². The lowest BCUT2D eigenvalue weighted by atomic mass is 10.0. The highest BCUT2D eigenvalue weighted by molar-refractivity contribution is 5.80. The van der Waals surface area contributed by atoms with Crippen molar-refractivity contribution in [2.45, 2.75) is 25.3 Å². The number of aromatic nitrogens is 3. The smallest absolute Gasteiger partial charge is 0.227 e. The fourth-order valence-corrected chi connectivity index (χ4v) is 4.53. The molecule has 2 aromatic carbocycles. The quantitative estimate of drug-likeness (QED) is 0.437. The number of nitrogens with two attached hydrogens (primary N) is 1. The second-order valence-electron chi connectivity index (χ2n) is 9.19. The number of morpholine rings is 1. The van der Waals surface area contributed by atoms with Crippen LogP contribution in [0.4, 0.5) is 17.5 Å². The van der Waals surface area contributed by atoms with Gasteiger partial charge in [0.25, 0.3) is 0 Å². The predicted molar refractivity (Wildman–Crippen MR) is 135 cm³/mol. The highest BCUT2D eigenvalue weighted by Crippen LogP contribution is 2.40. The molecule has 7 nitrogen and oxygen atoms in total. The van der Waals surface area contributed by atoms with E-state index in [9.17, 15) is 0 Å². The molecule has 0 unspecified atom stereocenters. The lowest BCUT2D eigenvalue weighted by Gasteiger charge is -2.27. The Balaban J connectivity index is 1.31. The van der Waals surface area contributed by atoms with Crippen LogP contribution in [0.2, 0.25) is 0 Å². The number of fused-ring (bicyclic) bond motifs is 1. The fourth-order valence-electron chi connectivity index (χ4n) is 4.53. The van der Waals surface area contributed by atoms with E-state index in [-0.39, 0.29) is 0 Å². The van der Waals surface area contributed by atoms with E-state index in [1.165, 1.54) is 24.0 Å². The minimum absolute atomic E-state index is 0.515. The van der Waals surface area contributed by atoms with Crippen LogP contribution in [0.3, 0.4) is 0 Å². The number of hydrogen-bond donors (Lipinski definition) is 2. The standard InChI is InChI=1S/C27H28N6O/c28-26-6-4-21(15-29-26)22-11-18(17-33-7-9-34-10-8-33)12-24(14-22)31-27-30-16-23-13-20(19-1-2-19)3-5-25(23)32-27/h3-6,11-16,19H,1-2,7-10,17H2,(H2,28,29)(H,30,31,32). The molecule has 3 N–H and O–H groups in total. The van der Waals surface area contributed by atoms with Crippen molar-refractivity contribution in [3.63, 3.8) is 0 Å². The first-order chi connectivity index (χ1) is 16.7. The van der Waals surface area contributed by atoms with Crippen LogP contribution in [-0.2, 0) is 11.3 Å². The Labute approximate surface area is 199 Å². The maximum atomic E-state index is 5.81. The van der Waals surface area contributed by atoms with Gasteiger partial charge in [0, 0.05) is 48.7 Å². The maximum absolute atomic E-state index is 5.81. The van der Waals surface area contributed by atoms with E-state index in [1.54, 1.807) is 0 Å². The Morgan fingerprint density at radius 3 is 2.62 bits per heavy atom. The summed E-state index contributed by atoms with van der Waals surface area (Å²) in [5.41, 5.74) is 12.4. The van der Waals surface area contributed by atoms with E-state index in [0.717, 1.165) is 66.5 Å². The highest BCUT2D eigenvalue weighted by atomic mass is 16.5. The van der Waals surface area contributed by atoms with Crippen LogP contribution in [0.1, 0.15) is 29.9 Å². The van der Waals surface area contributed by atoms with Crippen LogP contribution in [0.5, 0.6) is 0 Å². The van der Waals surface area contributed by atoms with E-state index in [0.29, 0.717) is 11.8 Å². The number of anilines is 3. The minimum Gasteiger partial charge on any atom is -0.384 e. The molecule has 1 aliphatic carbocycles. The van der Waals surface area contributed by atoms with Gasteiger partial charge in [-0.15, -0.1) is 0 Å². The normalized spacial score (nSPS) is 16.6. The van der Waals surface area contributed by atoms with Crippen LogP contribution < -0.4 is 11.1 Å². The molecule has 1 saturated carbocycles. The van der Waals surface area contributed by atoms with Crippen LogP contribution >= 0.6 is 0 Å². The van der Waals surface area contributed by atoms with Crippen molar-refractivity contribution < 1.29 is 4.74 Å². The summed E-state index contributed by atoms with van der Waals surface area (Å²) in [6.07, 6.45) is 6.31. The summed E-state index contributed by atoms with van der Waals surface area (Å²) in [6.45, 7) is 4.29. The van der Waals surface area contributed by atoms with Crippen LogP contribution in [0.25, 0.3) is 22.0 Å². The van der Waals surface area contributed by atoms with Gasteiger partial charge in [0.1, 0.15) is 5.82 Å². The third-order valence-electron chi connectivity index (χ3n) is 6.53. The summed E-state index contributed by atoms with van der Waals surface area (Å²) in [7, 11) is 0. The molecule has 7 heteroatoms. The predicted octanol–water partition coefficient (Wildman–Crippen LogP) is 4.73. The van der Waals surface area contributed by atoms with Crippen LogP contribution in [-0.4, -0.2) is 46.2 Å². The summed E-state index contributed by atoms with van der Waals surface area (Å²) in [4.78, 5) is 16.1. The number of nitrogens with zero attached hydrogens (tertiary/aromatic N) is 4. The van der Waals surface area contributed by atoms with Gasteiger partial charge >= 0.3 is 0 Å². The molecule has 0 radical (unpaired) electrons. The lowest BCUT2D eigenvalue weighted by molar-refractivity contribution is 0.0342. The number of benzene rings is 2. The van der Waals surface area contributed by atoms with Crippen molar-refractivity contribution in [2.24, 2.45) is 0 Å². The molecule has 0 atom stereocenters. The molecule has 0 amide bonds. The fraction of sp³-hybridized carbons (Fsp3) is 0.296. The minimum atomic E-state index is 0.515. The van der Waals surface area contributed by atoms with Crippen molar-refractivity contribution >= 4 is 28.4 Å². The second-order valence-corrected chi connectivity index (χ2v) is 9.19. The molecule has 2 aliphatic rings. The van der Waals surface area contributed by atoms with Crippen LogP contribution in [0.15, 0.2) is 60.9 Å². The molecule has 172 valence electrons. The molecule has 34 heavy (non-hydrogen) atoms. The summed E-state index contributed by atoms with van der Waals surface area (Å²) < 4.78 is 5.51. The number of rotatable bonds is 6. The Hall–Kier alpha value is -3.55. The number of nitrogen functional groups attached to an aromatic ring is 1. The molecule has 2 fully saturated rings. The molecule has 1 saturated heterocycles. The summed E-state index contributed by atoms with van der Waals surface area (Å²) in [6, 6.07) is 16.9. The zero-order valence-electron chi connectivity index (χ0n) is 19.1. The van der Waals surface area contributed by atoms with Crippen molar-refractivity contribution in [2.75, 3.05) is 37.4 Å². The van der Waals surface area contributed by atoms with Crippen molar-refractivity contribution in [3.8, 4) is 11.1 Å². The zero-order chi connectivity index (χ0) is 22.9. The van der Waals surface area contributed by atoms with Crippen molar-refractivity contribution in [3.05, 3.63) is 72.1 Å². The second kappa shape index (κ2) is 9.00. The summed E-state index contributed by atoms with van der Waals surface area (Å²) in [5.74, 6) is 1.83. The molecule has 0 spiro atoms. The molecule has 1 aliphatic heterocycles. The van der Waals surface area contributed by atoms with E-state index in [1.807, 2.05) is 24.5 Å². The summed E-state index contributed by atoms with van der Waals surface area (Å²) >= 11 is 0. The molecule has 3 heterocycles. The van der Waals surface area contributed by atoms with E-state index < -0.39 is 0 Å². The first-order valence-electron chi connectivity index (χ1n) is 11.9. The average molecular weight is 453 g/mol. The van der Waals surface area contributed by atoms with Crippen LogP contribution in [0, 0.1) is 0 Å². The third-order valence-corrected chi connectivity index (χ3v) is 6.53. The van der Waals surface area contributed by atoms with Gasteiger partial charge in [0.05, 0.1) is 18.7 Å². The number of nitrogens with one attached hydrogen (secondary N) is 1. The van der Waals surface area contributed by atoms with E-state index in [4.69, 9.17) is 15.5 Å². The number of hydrogen-bond acceptors (Lipinski definition) is 7.